The fourth-order valence-corrected chi connectivity index (χ4v) is 5.02. The summed E-state index contributed by atoms with van der Waals surface area (Å²) in [5.41, 5.74) is 5.16. The molecule has 3 aromatic rings. The van der Waals surface area contributed by atoms with E-state index >= 15 is 0 Å². The minimum absolute atomic E-state index is 0.246. The molecule has 0 radical (unpaired) electrons. The molecule has 0 bridgehead atoms. The first kappa shape index (κ1) is 20.3. The zero-order chi connectivity index (χ0) is 21.5. The SMILES string of the molecule is CCOC(=O)c1ncn2c1[C@@H](C)N=C(c1ccccc1)c1cc([Si](C)(C)C)ccc1-2. The Balaban J connectivity index is 2.00. The third-order valence-electron chi connectivity index (χ3n) is 5.42. The Morgan fingerprint density at radius 2 is 1.87 bits per heavy atom. The predicted molar refractivity (Wildman–Crippen MR) is 123 cm³/mol. The van der Waals surface area contributed by atoms with Gasteiger partial charge in [0.2, 0.25) is 0 Å². The molecule has 0 saturated carbocycles. The normalized spacial score (nSPS) is 15.6. The Labute approximate surface area is 178 Å². The highest BCUT2D eigenvalue weighted by atomic mass is 28.3. The van der Waals surface area contributed by atoms with Gasteiger partial charge in [0.15, 0.2) is 5.69 Å². The molecule has 5 nitrogen and oxygen atoms in total. The molecule has 0 fully saturated rings. The van der Waals surface area contributed by atoms with Gasteiger partial charge in [-0.3, -0.25) is 9.56 Å². The van der Waals surface area contributed by atoms with Crippen molar-refractivity contribution >= 4 is 24.9 Å². The zero-order valence-corrected chi connectivity index (χ0v) is 19.1. The molecule has 4 rings (SSSR count). The number of aromatic nitrogens is 2. The number of esters is 1. The summed E-state index contributed by atoms with van der Waals surface area (Å²) in [7, 11) is -1.53. The van der Waals surface area contributed by atoms with E-state index in [4.69, 9.17) is 9.73 Å². The molecule has 30 heavy (non-hydrogen) atoms. The third-order valence-corrected chi connectivity index (χ3v) is 7.46. The minimum atomic E-state index is -1.53. The first-order valence-electron chi connectivity index (χ1n) is 10.3. The Morgan fingerprint density at radius 3 is 2.53 bits per heavy atom. The zero-order valence-electron chi connectivity index (χ0n) is 18.1. The molecule has 0 N–H and O–H groups in total. The largest absolute Gasteiger partial charge is 0.461 e. The van der Waals surface area contributed by atoms with Crippen LogP contribution in [0.25, 0.3) is 5.69 Å². The predicted octanol–water partition coefficient (Wildman–Crippen LogP) is 4.51. The van der Waals surface area contributed by atoms with Crippen LogP contribution < -0.4 is 5.19 Å². The molecule has 0 amide bonds. The number of carbonyl (C=O) groups is 1. The summed E-state index contributed by atoms with van der Waals surface area (Å²) in [6.07, 6.45) is 1.72. The Bertz CT molecular complexity index is 1130. The van der Waals surface area contributed by atoms with Crippen molar-refractivity contribution in [3.63, 3.8) is 0 Å². The molecule has 1 aromatic heterocycles. The van der Waals surface area contributed by atoms with Crippen molar-refractivity contribution in [1.29, 1.82) is 0 Å². The van der Waals surface area contributed by atoms with Crippen LogP contribution >= 0.6 is 0 Å². The Hall–Kier alpha value is -2.99. The average molecular weight is 418 g/mol. The van der Waals surface area contributed by atoms with Crippen molar-refractivity contribution in [2.45, 2.75) is 39.5 Å². The fourth-order valence-electron chi connectivity index (χ4n) is 3.86. The second-order valence-corrected chi connectivity index (χ2v) is 13.6. The van der Waals surface area contributed by atoms with E-state index in [9.17, 15) is 4.79 Å². The molecule has 0 aliphatic carbocycles. The van der Waals surface area contributed by atoms with Crippen molar-refractivity contribution < 1.29 is 9.53 Å². The van der Waals surface area contributed by atoms with E-state index in [1.54, 1.807) is 13.3 Å². The first-order valence-corrected chi connectivity index (χ1v) is 13.8. The molecule has 2 aromatic carbocycles. The fraction of sp³-hybridized carbons (Fsp3) is 0.292. The van der Waals surface area contributed by atoms with Crippen molar-refractivity contribution in [3.8, 4) is 5.69 Å². The monoisotopic (exact) mass is 417 g/mol. The summed E-state index contributed by atoms with van der Waals surface area (Å²) in [6.45, 7) is 11.1. The maximum atomic E-state index is 12.5. The standard InChI is InChI=1S/C24H27N3O2Si/c1-6-29-24(28)22-23-16(2)26-21(17-10-8-7-9-11-17)19-14-18(30(3,4)5)12-13-20(19)27(23)15-25-22/h7-16H,6H2,1-5H3/t16-/m1/s1. The number of ether oxygens (including phenoxy) is 1. The molecule has 1 aliphatic heterocycles. The molecule has 1 aliphatic rings. The summed E-state index contributed by atoms with van der Waals surface area (Å²) >= 11 is 0. The van der Waals surface area contributed by atoms with Gasteiger partial charge in [0.1, 0.15) is 6.33 Å². The lowest BCUT2D eigenvalue weighted by atomic mass is 10.0. The molecular formula is C24H27N3O2Si. The maximum Gasteiger partial charge on any atom is 0.358 e. The maximum absolute atomic E-state index is 12.5. The van der Waals surface area contributed by atoms with E-state index in [-0.39, 0.29) is 6.04 Å². The number of imidazole rings is 1. The second kappa shape index (κ2) is 7.68. The highest BCUT2D eigenvalue weighted by Gasteiger charge is 2.30. The van der Waals surface area contributed by atoms with Crippen LogP contribution in [0.1, 0.15) is 47.2 Å². The van der Waals surface area contributed by atoms with E-state index < -0.39 is 14.0 Å². The van der Waals surface area contributed by atoms with Crippen molar-refractivity contribution in [3.05, 3.63) is 77.4 Å². The van der Waals surface area contributed by atoms with E-state index in [2.05, 4.69) is 55.0 Å². The summed E-state index contributed by atoms with van der Waals surface area (Å²) in [5, 5.41) is 1.37. The van der Waals surface area contributed by atoms with Gasteiger partial charge < -0.3 is 4.74 Å². The number of nitrogens with zero attached hydrogens (tertiary/aromatic N) is 3. The Kier molecular flexibility index (Phi) is 5.20. The van der Waals surface area contributed by atoms with Gasteiger partial charge in [-0.1, -0.05) is 67.3 Å². The summed E-state index contributed by atoms with van der Waals surface area (Å²) in [4.78, 5) is 22.0. The molecule has 0 unspecified atom stereocenters. The third kappa shape index (κ3) is 3.52. The number of aliphatic imine (C=N–C) groups is 1. The average Bonchev–Trinajstić information content (AvgIpc) is 3.12. The van der Waals surface area contributed by atoms with Crippen LogP contribution in [-0.4, -0.2) is 35.9 Å². The number of hydrogen-bond acceptors (Lipinski definition) is 4. The van der Waals surface area contributed by atoms with Gasteiger partial charge in [0.05, 0.1) is 37.8 Å². The van der Waals surface area contributed by atoms with Gasteiger partial charge in [0, 0.05) is 11.1 Å². The summed E-state index contributed by atoms with van der Waals surface area (Å²) in [6, 6.07) is 16.6. The molecule has 2 heterocycles. The van der Waals surface area contributed by atoms with E-state index in [1.807, 2.05) is 29.7 Å². The quantitative estimate of drug-likeness (QED) is 0.464. The van der Waals surface area contributed by atoms with Gasteiger partial charge >= 0.3 is 5.97 Å². The highest BCUT2D eigenvalue weighted by molar-refractivity contribution is 6.88. The van der Waals surface area contributed by atoms with Crippen LogP contribution in [0.5, 0.6) is 0 Å². The molecule has 6 heteroatoms. The molecular weight excluding hydrogens is 390 g/mol. The van der Waals surface area contributed by atoms with Crippen LogP contribution in [0.4, 0.5) is 0 Å². The van der Waals surface area contributed by atoms with Crippen molar-refractivity contribution in [2.75, 3.05) is 6.61 Å². The minimum Gasteiger partial charge on any atom is -0.461 e. The van der Waals surface area contributed by atoms with E-state index in [0.717, 1.165) is 28.2 Å². The summed E-state index contributed by atoms with van der Waals surface area (Å²) in [5.74, 6) is -0.406. The lowest BCUT2D eigenvalue weighted by Gasteiger charge is -2.20. The van der Waals surface area contributed by atoms with E-state index in [1.165, 1.54) is 5.19 Å². The lowest BCUT2D eigenvalue weighted by Crippen LogP contribution is -2.38. The van der Waals surface area contributed by atoms with Crippen LogP contribution in [0.15, 0.2) is 59.9 Å². The summed E-state index contributed by atoms with van der Waals surface area (Å²) < 4.78 is 7.25. The van der Waals surface area contributed by atoms with Gasteiger partial charge in [-0.05, 0) is 19.9 Å². The number of rotatable bonds is 4. The van der Waals surface area contributed by atoms with Gasteiger partial charge in [-0.25, -0.2) is 9.78 Å². The molecule has 0 spiro atoms. The number of fused-ring (bicyclic) bond motifs is 3. The van der Waals surface area contributed by atoms with Crippen LogP contribution in [0.3, 0.4) is 0 Å². The highest BCUT2D eigenvalue weighted by Crippen LogP contribution is 2.32. The topological polar surface area (TPSA) is 56.5 Å². The van der Waals surface area contributed by atoms with Crippen LogP contribution in [0, 0.1) is 0 Å². The van der Waals surface area contributed by atoms with Crippen molar-refractivity contribution in [1.82, 2.24) is 9.55 Å². The Morgan fingerprint density at radius 1 is 1.13 bits per heavy atom. The number of carbonyl (C=O) groups excluding carboxylic acids is 1. The van der Waals surface area contributed by atoms with Crippen LogP contribution in [0.2, 0.25) is 19.6 Å². The van der Waals surface area contributed by atoms with Gasteiger partial charge in [0.25, 0.3) is 0 Å². The smallest absolute Gasteiger partial charge is 0.358 e. The van der Waals surface area contributed by atoms with Gasteiger partial charge in [-0.2, -0.15) is 0 Å². The number of hydrogen-bond donors (Lipinski definition) is 0. The van der Waals surface area contributed by atoms with Gasteiger partial charge in [-0.15, -0.1) is 0 Å². The lowest BCUT2D eigenvalue weighted by molar-refractivity contribution is 0.0518. The number of benzene rings is 2. The van der Waals surface area contributed by atoms with Crippen molar-refractivity contribution in [2.24, 2.45) is 4.99 Å². The molecule has 0 saturated heterocycles. The second-order valence-electron chi connectivity index (χ2n) is 8.57. The molecule has 154 valence electrons. The van der Waals surface area contributed by atoms with E-state index in [0.29, 0.717) is 12.3 Å². The molecule has 1 atom stereocenters. The first-order chi connectivity index (χ1) is 14.3. The van der Waals surface area contributed by atoms with Crippen LogP contribution in [-0.2, 0) is 4.74 Å².